The van der Waals surface area contributed by atoms with Crippen LogP contribution in [0.25, 0.3) is 60.9 Å². The summed E-state index contributed by atoms with van der Waals surface area (Å²) in [5, 5.41) is 39.6. The Kier molecular flexibility index (Phi) is 8.22. The van der Waals surface area contributed by atoms with E-state index in [1.54, 1.807) is 65.2 Å². The molecule has 0 aliphatic heterocycles. The summed E-state index contributed by atoms with van der Waals surface area (Å²) < 4.78 is 85.9. The first-order chi connectivity index (χ1) is 25.3. The summed E-state index contributed by atoms with van der Waals surface area (Å²) in [4.78, 5) is 0. The Balaban J connectivity index is 1.55. The maximum absolute atomic E-state index is 14.5. The number of para-hydroxylation sites is 1. The molecule has 6 aromatic carbocycles. The van der Waals surface area contributed by atoms with E-state index < -0.39 is 29.0 Å². The van der Waals surface area contributed by atoms with Crippen LogP contribution in [0.15, 0.2) is 115 Å². The first kappa shape index (κ1) is 34.1. The lowest BCUT2D eigenvalue weighted by molar-refractivity contribution is -0.142. The van der Waals surface area contributed by atoms with E-state index in [1.165, 1.54) is 24.3 Å². The standard InChI is InChI=1S/C42H19F6N5/c43-41(44,45)32-7-8-33(37(19-32)42(46,47)48)34-3-1-2-4-38(34)53-39-9-5-28(30-13-24(20-49)11-25(14-30)21-50)17-35(39)36-18-29(6-10-40(36)53)31-15-26(22-51)12-27(16-31)23-52/h1-19H. The molecule has 7 aromatic rings. The van der Waals surface area contributed by atoms with E-state index in [0.29, 0.717) is 50.1 Å². The van der Waals surface area contributed by atoms with Crippen LogP contribution in [-0.2, 0) is 12.4 Å². The van der Waals surface area contributed by atoms with Gasteiger partial charge in [-0.25, -0.2) is 0 Å². The number of nitrogens with zero attached hydrogens (tertiary/aromatic N) is 5. The van der Waals surface area contributed by atoms with Crippen molar-refractivity contribution in [1.29, 1.82) is 21.0 Å². The third kappa shape index (κ3) is 6.18. The van der Waals surface area contributed by atoms with Gasteiger partial charge in [0.05, 0.1) is 74.4 Å². The molecule has 0 saturated carbocycles. The lowest BCUT2D eigenvalue weighted by atomic mass is 9.95. The summed E-state index contributed by atoms with van der Waals surface area (Å²) in [6, 6.07) is 36.0. The average molecular weight is 708 g/mol. The van der Waals surface area contributed by atoms with Crippen LogP contribution in [0.4, 0.5) is 26.3 Å². The third-order valence-electron chi connectivity index (χ3n) is 8.90. The molecule has 5 nitrogen and oxygen atoms in total. The highest BCUT2D eigenvalue weighted by atomic mass is 19.4. The van der Waals surface area contributed by atoms with E-state index in [9.17, 15) is 47.4 Å². The number of hydrogen-bond acceptors (Lipinski definition) is 4. The van der Waals surface area contributed by atoms with Crippen molar-refractivity contribution in [3.05, 3.63) is 149 Å². The molecule has 0 amide bonds. The Morgan fingerprint density at radius 2 is 0.906 bits per heavy atom. The SMILES string of the molecule is N#Cc1cc(C#N)cc(-c2ccc3c(c2)c2cc(-c4cc(C#N)cc(C#N)c4)ccc2n3-c2ccccc2-c2ccc(C(F)(F)F)cc2C(F)(F)F)c1. The summed E-state index contributed by atoms with van der Waals surface area (Å²) >= 11 is 0. The van der Waals surface area contributed by atoms with E-state index in [1.807, 2.05) is 12.1 Å². The Morgan fingerprint density at radius 3 is 1.34 bits per heavy atom. The number of rotatable bonds is 4. The summed E-state index contributed by atoms with van der Waals surface area (Å²) in [6.07, 6.45) is -10.1. The predicted molar refractivity (Wildman–Crippen MR) is 186 cm³/mol. The minimum absolute atomic E-state index is 0.0290. The molecular weight excluding hydrogens is 688 g/mol. The van der Waals surface area contributed by atoms with Gasteiger partial charge in [-0.3, -0.25) is 0 Å². The Morgan fingerprint density at radius 1 is 0.434 bits per heavy atom. The van der Waals surface area contributed by atoms with Crippen molar-refractivity contribution in [3.8, 4) is 63.3 Å². The molecule has 7 rings (SSSR count). The molecule has 0 spiro atoms. The normalized spacial score (nSPS) is 11.5. The molecule has 1 heterocycles. The minimum atomic E-state index is -5.12. The Bertz CT molecular complexity index is 2620. The number of aromatic nitrogens is 1. The molecule has 1 aromatic heterocycles. The van der Waals surface area contributed by atoms with Gasteiger partial charge in [0.2, 0.25) is 0 Å². The summed E-state index contributed by atoms with van der Waals surface area (Å²) in [7, 11) is 0. The van der Waals surface area contributed by atoms with E-state index in [-0.39, 0.29) is 39.6 Å². The van der Waals surface area contributed by atoms with Crippen molar-refractivity contribution in [3.63, 3.8) is 0 Å². The van der Waals surface area contributed by atoms with E-state index in [0.717, 1.165) is 6.07 Å². The van der Waals surface area contributed by atoms with E-state index in [4.69, 9.17) is 0 Å². The lowest BCUT2D eigenvalue weighted by Gasteiger charge is -2.19. The highest BCUT2D eigenvalue weighted by Crippen LogP contribution is 2.44. The molecule has 0 unspecified atom stereocenters. The number of hydrogen-bond donors (Lipinski definition) is 0. The number of alkyl halides is 6. The van der Waals surface area contributed by atoms with Gasteiger partial charge in [0.15, 0.2) is 0 Å². The second kappa shape index (κ2) is 12.8. The van der Waals surface area contributed by atoms with Gasteiger partial charge in [-0.2, -0.15) is 47.4 Å². The van der Waals surface area contributed by atoms with Crippen molar-refractivity contribution in [1.82, 2.24) is 4.57 Å². The minimum Gasteiger partial charge on any atom is -0.309 e. The first-order valence-electron chi connectivity index (χ1n) is 15.7. The maximum Gasteiger partial charge on any atom is 0.417 e. The quantitative estimate of drug-likeness (QED) is 0.170. The third-order valence-corrected chi connectivity index (χ3v) is 8.90. The van der Waals surface area contributed by atoms with E-state index in [2.05, 4.69) is 24.3 Å². The lowest BCUT2D eigenvalue weighted by Crippen LogP contribution is -2.12. The van der Waals surface area contributed by atoms with Crippen molar-refractivity contribution < 1.29 is 26.3 Å². The van der Waals surface area contributed by atoms with Crippen LogP contribution in [0.1, 0.15) is 33.4 Å². The number of nitriles is 4. The molecule has 0 saturated heterocycles. The van der Waals surface area contributed by atoms with Crippen LogP contribution in [-0.4, -0.2) is 4.57 Å². The summed E-state index contributed by atoms with van der Waals surface area (Å²) in [5.74, 6) is 0. The zero-order chi connectivity index (χ0) is 37.7. The van der Waals surface area contributed by atoms with E-state index >= 15 is 0 Å². The first-order valence-corrected chi connectivity index (χ1v) is 15.7. The van der Waals surface area contributed by atoms with Gasteiger partial charge in [-0.15, -0.1) is 0 Å². The summed E-state index contributed by atoms with van der Waals surface area (Å²) in [5.41, 5.74) is 1.50. The molecule has 0 aliphatic carbocycles. The highest BCUT2D eigenvalue weighted by Gasteiger charge is 2.39. The van der Waals surface area contributed by atoms with Crippen LogP contribution in [0.3, 0.4) is 0 Å². The van der Waals surface area contributed by atoms with Gasteiger partial charge < -0.3 is 4.57 Å². The molecule has 0 radical (unpaired) electrons. The fraction of sp³-hybridized carbons (Fsp3) is 0.0476. The van der Waals surface area contributed by atoms with Gasteiger partial charge in [-0.1, -0.05) is 36.4 Å². The number of benzene rings is 6. The predicted octanol–water partition coefficient (Wildman–Crippen LogP) is 11.3. The highest BCUT2D eigenvalue weighted by molar-refractivity contribution is 6.12. The summed E-state index contributed by atoms with van der Waals surface area (Å²) in [6.45, 7) is 0. The van der Waals surface area contributed by atoms with Crippen molar-refractivity contribution in [2.45, 2.75) is 12.4 Å². The molecule has 53 heavy (non-hydrogen) atoms. The molecular formula is C42H19F6N5. The van der Waals surface area contributed by atoms with Gasteiger partial charge in [-0.05, 0) is 107 Å². The van der Waals surface area contributed by atoms with Crippen LogP contribution in [0.2, 0.25) is 0 Å². The average Bonchev–Trinajstić information content (AvgIpc) is 3.49. The second-order valence-corrected chi connectivity index (χ2v) is 12.1. The Hall–Kier alpha value is -7.34. The van der Waals surface area contributed by atoms with Gasteiger partial charge in [0.1, 0.15) is 0 Å². The molecule has 254 valence electrons. The molecule has 11 heteroatoms. The van der Waals surface area contributed by atoms with Crippen LogP contribution < -0.4 is 0 Å². The maximum atomic E-state index is 14.5. The number of halogens is 6. The number of fused-ring (bicyclic) bond motifs is 3. The molecule has 0 N–H and O–H groups in total. The van der Waals surface area contributed by atoms with Crippen molar-refractivity contribution >= 4 is 21.8 Å². The van der Waals surface area contributed by atoms with Gasteiger partial charge in [0, 0.05) is 16.3 Å². The molecule has 0 fully saturated rings. The van der Waals surface area contributed by atoms with Gasteiger partial charge >= 0.3 is 12.4 Å². The molecule has 0 aliphatic rings. The molecule has 0 atom stereocenters. The van der Waals surface area contributed by atoms with Crippen LogP contribution in [0.5, 0.6) is 0 Å². The van der Waals surface area contributed by atoms with Gasteiger partial charge in [0.25, 0.3) is 0 Å². The monoisotopic (exact) mass is 707 g/mol. The van der Waals surface area contributed by atoms with Crippen molar-refractivity contribution in [2.24, 2.45) is 0 Å². The molecule has 0 bridgehead atoms. The Labute approximate surface area is 297 Å². The smallest absolute Gasteiger partial charge is 0.309 e. The topological polar surface area (TPSA) is 100 Å². The van der Waals surface area contributed by atoms with Crippen molar-refractivity contribution in [2.75, 3.05) is 0 Å². The van der Waals surface area contributed by atoms with Crippen LogP contribution >= 0.6 is 0 Å². The second-order valence-electron chi connectivity index (χ2n) is 12.1. The fourth-order valence-corrected chi connectivity index (χ4v) is 6.58. The largest absolute Gasteiger partial charge is 0.417 e. The zero-order valence-corrected chi connectivity index (χ0v) is 27.0. The van der Waals surface area contributed by atoms with Crippen LogP contribution in [0, 0.1) is 45.3 Å². The zero-order valence-electron chi connectivity index (χ0n) is 27.0. The fourth-order valence-electron chi connectivity index (χ4n) is 6.58.